The van der Waals surface area contributed by atoms with Crippen LogP contribution < -0.4 is 9.47 Å². The molecule has 0 radical (unpaired) electrons. The molecular weight excluding hydrogens is 300 g/mol. The molecule has 1 fully saturated rings. The Bertz CT molecular complexity index is 508. The van der Waals surface area contributed by atoms with Gasteiger partial charge in [-0.2, -0.15) is 0 Å². The van der Waals surface area contributed by atoms with Crippen molar-refractivity contribution in [2.75, 3.05) is 13.2 Å². The van der Waals surface area contributed by atoms with Crippen molar-refractivity contribution in [3.63, 3.8) is 0 Å². The predicted octanol–water partition coefficient (Wildman–Crippen LogP) is 2.73. The molecule has 1 aromatic carbocycles. The van der Waals surface area contributed by atoms with E-state index in [1.807, 2.05) is 12.1 Å². The van der Waals surface area contributed by atoms with E-state index < -0.39 is 5.97 Å². The standard InChI is InChI=1S/C13H13BrO4/c14-9-6-11-10(17-3-4-18-11)5-8(9)13(1-2-13)7-12(15)16/h5-6H,1-4,7H2,(H,15,16). The fourth-order valence-electron chi connectivity index (χ4n) is 2.45. The molecule has 1 heterocycles. The van der Waals surface area contributed by atoms with Gasteiger partial charge in [-0.1, -0.05) is 15.9 Å². The van der Waals surface area contributed by atoms with Gasteiger partial charge in [0.25, 0.3) is 0 Å². The van der Waals surface area contributed by atoms with Crippen molar-refractivity contribution in [3.05, 3.63) is 22.2 Å². The van der Waals surface area contributed by atoms with Crippen LogP contribution in [0.25, 0.3) is 0 Å². The Balaban J connectivity index is 1.99. The molecule has 1 saturated carbocycles. The molecule has 1 aromatic rings. The molecule has 1 N–H and O–H groups in total. The van der Waals surface area contributed by atoms with Crippen LogP contribution in [0.5, 0.6) is 11.5 Å². The van der Waals surface area contributed by atoms with Crippen molar-refractivity contribution >= 4 is 21.9 Å². The van der Waals surface area contributed by atoms with Gasteiger partial charge in [0.2, 0.25) is 0 Å². The lowest BCUT2D eigenvalue weighted by Crippen LogP contribution is -2.18. The van der Waals surface area contributed by atoms with Crippen LogP contribution in [0, 0.1) is 0 Å². The molecule has 0 atom stereocenters. The smallest absolute Gasteiger partial charge is 0.304 e. The van der Waals surface area contributed by atoms with Gasteiger partial charge >= 0.3 is 5.97 Å². The summed E-state index contributed by atoms with van der Waals surface area (Å²) >= 11 is 3.51. The monoisotopic (exact) mass is 312 g/mol. The Morgan fingerprint density at radius 2 is 1.89 bits per heavy atom. The first-order valence-electron chi connectivity index (χ1n) is 5.92. The highest BCUT2D eigenvalue weighted by molar-refractivity contribution is 9.10. The van der Waals surface area contributed by atoms with Gasteiger partial charge in [0.15, 0.2) is 11.5 Å². The quantitative estimate of drug-likeness (QED) is 0.932. The minimum Gasteiger partial charge on any atom is -0.486 e. The van der Waals surface area contributed by atoms with Crippen LogP contribution in [0.15, 0.2) is 16.6 Å². The summed E-state index contributed by atoms with van der Waals surface area (Å²) in [4.78, 5) is 11.0. The normalized spacial score (nSPS) is 19.4. The fourth-order valence-corrected chi connectivity index (χ4v) is 3.20. The van der Waals surface area contributed by atoms with Crippen LogP contribution in [-0.4, -0.2) is 24.3 Å². The van der Waals surface area contributed by atoms with E-state index in [1.165, 1.54) is 0 Å². The number of aliphatic carboxylic acids is 1. The number of hydrogen-bond acceptors (Lipinski definition) is 3. The molecule has 3 rings (SSSR count). The van der Waals surface area contributed by atoms with E-state index in [-0.39, 0.29) is 11.8 Å². The van der Waals surface area contributed by atoms with Gasteiger partial charge in [-0.3, -0.25) is 4.79 Å². The molecule has 0 spiro atoms. The molecule has 18 heavy (non-hydrogen) atoms. The highest BCUT2D eigenvalue weighted by atomic mass is 79.9. The predicted molar refractivity (Wildman–Crippen MR) is 68.3 cm³/mol. The van der Waals surface area contributed by atoms with Gasteiger partial charge in [0, 0.05) is 9.89 Å². The summed E-state index contributed by atoms with van der Waals surface area (Å²) in [5, 5.41) is 9.01. The number of carboxylic acids is 1. The maximum atomic E-state index is 11.0. The average Bonchev–Trinajstić information content (AvgIpc) is 3.08. The van der Waals surface area contributed by atoms with E-state index in [0.29, 0.717) is 13.2 Å². The molecule has 5 heteroatoms. The third kappa shape index (κ3) is 1.96. The third-order valence-electron chi connectivity index (χ3n) is 3.55. The van der Waals surface area contributed by atoms with Crippen LogP contribution >= 0.6 is 15.9 Å². The number of fused-ring (bicyclic) bond motifs is 1. The van der Waals surface area contributed by atoms with Crippen molar-refractivity contribution in [3.8, 4) is 11.5 Å². The summed E-state index contributed by atoms with van der Waals surface area (Å²) in [6.07, 6.45) is 2.00. The molecule has 1 aliphatic carbocycles. The number of halogens is 1. The first kappa shape index (κ1) is 11.8. The summed E-state index contributed by atoms with van der Waals surface area (Å²) in [6.45, 7) is 1.10. The summed E-state index contributed by atoms with van der Waals surface area (Å²) in [7, 11) is 0. The molecule has 96 valence electrons. The Hall–Kier alpha value is -1.23. The lowest BCUT2D eigenvalue weighted by molar-refractivity contribution is -0.137. The third-order valence-corrected chi connectivity index (χ3v) is 4.20. The molecule has 0 unspecified atom stereocenters. The second-order valence-corrected chi connectivity index (χ2v) is 5.68. The van der Waals surface area contributed by atoms with Gasteiger partial charge in [0.05, 0.1) is 6.42 Å². The zero-order valence-corrected chi connectivity index (χ0v) is 11.3. The molecular formula is C13H13BrO4. The van der Waals surface area contributed by atoms with Crippen molar-refractivity contribution in [1.82, 2.24) is 0 Å². The summed E-state index contributed by atoms with van der Waals surface area (Å²) < 4.78 is 12.0. The maximum Gasteiger partial charge on any atom is 0.304 e. The first-order chi connectivity index (χ1) is 8.61. The minimum atomic E-state index is -0.755. The highest BCUT2D eigenvalue weighted by Crippen LogP contribution is 2.55. The molecule has 0 saturated heterocycles. The van der Waals surface area contributed by atoms with Crippen LogP contribution in [0.4, 0.5) is 0 Å². The summed E-state index contributed by atoms with van der Waals surface area (Å²) in [6, 6.07) is 3.81. The Morgan fingerprint density at radius 1 is 1.28 bits per heavy atom. The zero-order chi connectivity index (χ0) is 12.8. The van der Waals surface area contributed by atoms with E-state index in [2.05, 4.69) is 15.9 Å². The van der Waals surface area contributed by atoms with E-state index >= 15 is 0 Å². The van der Waals surface area contributed by atoms with Gasteiger partial charge in [-0.05, 0) is 30.5 Å². The van der Waals surface area contributed by atoms with Gasteiger partial charge < -0.3 is 14.6 Å². The van der Waals surface area contributed by atoms with Crippen LogP contribution in [0.3, 0.4) is 0 Å². The highest BCUT2D eigenvalue weighted by Gasteiger charge is 2.47. The maximum absolute atomic E-state index is 11.0. The molecule has 2 aliphatic rings. The fraction of sp³-hybridized carbons (Fsp3) is 0.462. The van der Waals surface area contributed by atoms with Gasteiger partial charge in [-0.15, -0.1) is 0 Å². The van der Waals surface area contributed by atoms with Crippen LogP contribution in [0.2, 0.25) is 0 Å². The average molecular weight is 313 g/mol. The lowest BCUT2D eigenvalue weighted by atomic mass is 9.92. The Labute approximate surface area is 113 Å². The number of ether oxygens (including phenoxy) is 2. The number of rotatable bonds is 3. The molecule has 0 amide bonds. The second kappa shape index (κ2) is 4.16. The number of hydrogen-bond donors (Lipinski definition) is 1. The number of carboxylic acid groups (broad SMARTS) is 1. The number of benzene rings is 1. The van der Waals surface area contributed by atoms with E-state index in [1.54, 1.807) is 0 Å². The van der Waals surface area contributed by atoms with Crippen molar-refractivity contribution in [1.29, 1.82) is 0 Å². The van der Waals surface area contributed by atoms with E-state index in [4.69, 9.17) is 14.6 Å². The molecule has 0 aromatic heterocycles. The van der Waals surface area contributed by atoms with Crippen LogP contribution in [-0.2, 0) is 10.2 Å². The lowest BCUT2D eigenvalue weighted by Gasteiger charge is -2.22. The molecule has 1 aliphatic heterocycles. The Morgan fingerprint density at radius 3 is 2.44 bits per heavy atom. The second-order valence-electron chi connectivity index (χ2n) is 4.83. The largest absolute Gasteiger partial charge is 0.486 e. The number of carbonyl (C=O) groups is 1. The van der Waals surface area contributed by atoms with Gasteiger partial charge in [-0.25, -0.2) is 0 Å². The van der Waals surface area contributed by atoms with Crippen molar-refractivity contribution < 1.29 is 19.4 Å². The Kier molecular flexibility index (Phi) is 2.73. The SMILES string of the molecule is O=C(O)CC1(c2cc3c(cc2Br)OCCO3)CC1. The summed E-state index contributed by atoms with van der Waals surface area (Å²) in [5.41, 5.74) is 0.801. The van der Waals surface area contributed by atoms with Gasteiger partial charge in [0.1, 0.15) is 13.2 Å². The molecule has 0 bridgehead atoms. The van der Waals surface area contributed by atoms with Crippen molar-refractivity contribution in [2.45, 2.75) is 24.7 Å². The topological polar surface area (TPSA) is 55.8 Å². The van der Waals surface area contributed by atoms with E-state index in [0.717, 1.165) is 34.4 Å². The molecule has 4 nitrogen and oxygen atoms in total. The zero-order valence-electron chi connectivity index (χ0n) is 9.74. The van der Waals surface area contributed by atoms with E-state index in [9.17, 15) is 4.79 Å². The van der Waals surface area contributed by atoms with Crippen LogP contribution in [0.1, 0.15) is 24.8 Å². The summed E-state index contributed by atoms with van der Waals surface area (Å²) in [5.74, 6) is 0.688. The minimum absolute atomic E-state index is 0.172. The first-order valence-corrected chi connectivity index (χ1v) is 6.71. The van der Waals surface area contributed by atoms with Crippen molar-refractivity contribution in [2.24, 2.45) is 0 Å².